The van der Waals surface area contributed by atoms with E-state index < -0.39 is 0 Å². The third-order valence-corrected chi connectivity index (χ3v) is 4.19. The Morgan fingerprint density at radius 2 is 2.25 bits per heavy atom. The predicted octanol–water partition coefficient (Wildman–Crippen LogP) is 0.458. The van der Waals surface area contributed by atoms with E-state index in [1.54, 1.807) is 6.20 Å². The van der Waals surface area contributed by atoms with Crippen LogP contribution in [0.15, 0.2) is 12.3 Å². The van der Waals surface area contributed by atoms with E-state index >= 15 is 0 Å². The average Bonchev–Trinajstić information content (AvgIpc) is 2.42. The Balaban J connectivity index is 2.13. The number of hydrogen-bond acceptors (Lipinski definition) is 6. The van der Waals surface area contributed by atoms with Gasteiger partial charge in [0.1, 0.15) is 5.82 Å². The van der Waals surface area contributed by atoms with Crippen LogP contribution in [0.3, 0.4) is 0 Å². The molecule has 2 rings (SSSR count). The number of hydrogen-bond donors (Lipinski definition) is 3. The van der Waals surface area contributed by atoms with Gasteiger partial charge >= 0.3 is 0 Å². The molecular weight excluding hydrogens is 276 g/mol. The normalized spacial score (nSPS) is 22.9. The van der Waals surface area contributed by atoms with E-state index in [2.05, 4.69) is 34.3 Å². The Morgan fingerprint density at radius 3 is 2.95 bits per heavy atom. The first-order valence-electron chi connectivity index (χ1n) is 6.77. The highest BCUT2D eigenvalue weighted by Gasteiger charge is 2.26. The lowest BCUT2D eigenvalue weighted by Crippen LogP contribution is -2.51. The van der Waals surface area contributed by atoms with E-state index in [1.165, 1.54) is 0 Å². The van der Waals surface area contributed by atoms with Crippen molar-refractivity contribution in [3.63, 3.8) is 0 Å². The maximum Gasteiger partial charge on any atom is 0.128 e. The molecule has 0 saturated carbocycles. The van der Waals surface area contributed by atoms with Crippen molar-refractivity contribution in [2.24, 2.45) is 5.84 Å². The van der Waals surface area contributed by atoms with Crippen LogP contribution >= 0.6 is 11.6 Å². The first kappa shape index (κ1) is 15.5. The Labute approximate surface area is 125 Å². The molecular formula is C13H23ClN6. The summed E-state index contributed by atoms with van der Waals surface area (Å²) in [6.07, 6.45) is 2.41. The van der Waals surface area contributed by atoms with Gasteiger partial charge in [0, 0.05) is 37.4 Å². The van der Waals surface area contributed by atoms with Gasteiger partial charge < -0.3 is 15.5 Å². The maximum atomic E-state index is 6.01. The zero-order valence-electron chi connectivity index (χ0n) is 12.0. The molecule has 0 bridgehead atoms. The highest BCUT2D eigenvalue weighted by molar-refractivity contribution is 6.30. The number of nitrogens with one attached hydrogen (secondary N) is 1. The van der Waals surface area contributed by atoms with E-state index in [9.17, 15) is 0 Å². The summed E-state index contributed by atoms with van der Waals surface area (Å²) < 4.78 is 0. The summed E-state index contributed by atoms with van der Waals surface area (Å²) >= 11 is 6.01. The van der Waals surface area contributed by atoms with Gasteiger partial charge in [0.05, 0.1) is 11.1 Å². The van der Waals surface area contributed by atoms with Gasteiger partial charge in [-0.3, -0.25) is 11.3 Å². The molecule has 0 amide bonds. The molecule has 1 aromatic rings. The topological polar surface area (TPSA) is 83.4 Å². The minimum atomic E-state index is -0.0554. The lowest BCUT2D eigenvalue weighted by molar-refractivity contribution is 0.101. The second kappa shape index (κ2) is 6.69. The van der Waals surface area contributed by atoms with Crippen molar-refractivity contribution >= 4 is 17.4 Å². The molecule has 1 saturated heterocycles. The molecule has 0 spiro atoms. The molecule has 7 heteroatoms. The van der Waals surface area contributed by atoms with Crippen molar-refractivity contribution in [2.45, 2.75) is 18.5 Å². The third-order valence-electron chi connectivity index (χ3n) is 3.98. The van der Waals surface area contributed by atoms with Crippen LogP contribution in [0.25, 0.3) is 0 Å². The van der Waals surface area contributed by atoms with Crippen molar-refractivity contribution in [3.05, 3.63) is 22.8 Å². The Kier molecular flexibility index (Phi) is 5.17. The quantitative estimate of drug-likeness (QED) is 0.553. The highest BCUT2D eigenvalue weighted by Crippen LogP contribution is 2.27. The summed E-state index contributed by atoms with van der Waals surface area (Å²) in [5.41, 5.74) is 9.65. The number of nitrogens with zero attached hydrogens (tertiary/aromatic N) is 3. The number of nitrogens with two attached hydrogens (primary N) is 2. The van der Waals surface area contributed by atoms with Crippen LogP contribution in [0.5, 0.6) is 0 Å². The highest BCUT2D eigenvalue weighted by atomic mass is 35.5. The summed E-state index contributed by atoms with van der Waals surface area (Å²) in [7, 11) is 4.28. The van der Waals surface area contributed by atoms with E-state index in [1.807, 2.05) is 6.07 Å². The van der Waals surface area contributed by atoms with Gasteiger partial charge in [0.15, 0.2) is 0 Å². The fraction of sp³-hybridized carbons (Fsp3) is 0.615. The van der Waals surface area contributed by atoms with E-state index in [-0.39, 0.29) is 6.04 Å². The van der Waals surface area contributed by atoms with Gasteiger partial charge in [-0.15, -0.1) is 0 Å². The second-order valence-corrected chi connectivity index (χ2v) is 5.92. The van der Waals surface area contributed by atoms with Gasteiger partial charge in [-0.05, 0) is 26.6 Å². The summed E-state index contributed by atoms with van der Waals surface area (Å²) in [6, 6.07) is 2.20. The maximum absolute atomic E-state index is 6.01. The molecule has 2 atom stereocenters. The van der Waals surface area contributed by atoms with Gasteiger partial charge in [0.25, 0.3) is 0 Å². The van der Waals surface area contributed by atoms with Gasteiger partial charge in [0.2, 0.25) is 0 Å². The zero-order chi connectivity index (χ0) is 14.7. The summed E-state index contributed by atoms with van der Waals surface area (Å²) in [4.78, 5) is 8.79. The van der Waals surface area contributed by atoms with E-state index in [0.29, 0.717) is 16.9 Å². The van der Waals surface area contributed by atoms with Crippen LogP contribution in [-0.2, 0) is 0 Å². The Hall–Kier alpha value is -0.920. The molecule has 6 nitrogen and oxygen atoms in total. The van der Waals surface area contributed by atoms with Crippen molar-refractivity contribution in [2.75, 3.05) is 39.5 Å². The number of halogens is 1. The molecule has 112 valence electrons. The lowest BCUT2D eigenvalue weighted by atomic mass is 9.98. The second-order valence-electron chi connectivity index (χ2n) is 5.48. The summed E-state index contributed by atoms with van der Waals surface area (Å²) in [6.45, 7) is 3.17. The Morgan fingerprint density at radius 1 is 1.50 bits per heavy atom. The third kappa shape index (κ3) is 3.59. The first-order chi connectivity index (χ1) is 9.51. The first-order valence-corrected chi connectivity index (χ1v) is 7.15. The minimum Gasteiger partial charge on any atom is -0.383 e. The molecule has 1 aliphatic heterocycles. The molecule has 0 aliphatic carbocycles. The zero-order valence-corrected chi connectivity index (χ0v) is 12.8. The van der Waals surface area contributed by atoms with Gasteiger partial charge in [-0.25, -0.2) is 4.98 Å². The predicted molar refractivity (Wildman–Crippen MR) is 82.3 cm³/mol. The van der Waals surface area contributed by atoms with Crippen LogP contribution in [-0.4, -0.2) is 54.6 Å². The number of hydrazine groups is 1. The van der Waals surface area contributed by atoms with E-state index in [4.69, 9.17) is 23.2 Å². The van der Waals surface area contributed by atoms with Crippen LogP contribution < -0.4 is 17.0 Å². The number of nitrogen functional groups attached to an aromatic ring is 1. The SMILES string of the molecule is CN1CCN(C)C(CC(NN)c2cc(Cl)cnc2N)C1. The lowest BCUT2D eigenvalue weighted by Gasteiger charge is -2.39. The molecule has 1 aliphatic rings. The van der Waals surface area contributed by atoms with Crippen LogP contribution in [0.2, 0.25) is 5.02 Å². The van der Waals surface area contributed by atoms with Crippen molar-refractivity contribution in [1.82, 2.24) is 20.2 Å². The van der Waals surface area contributed by atoms with Crippen molar-refractivity contribution < 1.29 is 0 Å². The van der Waals surface area contributed by atoms with Gasteiger partial charge in [-0.1, -0.05) is 11.6 Å². The molecule has 0 radical (unpaired) electrons. The fourth-order valence-corrected chi connectivity index (χ4v) is 2.82. The Bertz CT molecular complexity index is 454. The molecule has 0 aromatic carbocycles. The van der Waals surface area contributed by atoms with Crippen molar-refractivity contribution in [3.8, 4) is 0 Å². The number of anilines is 1. The summed E-state index contributed by atoms with van der Waals surface area (Å²) in [5, 5.41) is 0.573. The number of rotatable bonds is 4. The fourth-order valence-electron chi connectivity index (χ4n) is 2.66. The van der Waals surface area contributed by atoms with Crippen LogP contribution in [0, 0.1) is 0 Å². The molecule has 5 N–H and O–H groups in total. The monoisotopic (exact) mass is 298 g/mol. The molecule has 1 aromatic heterocycles. The van der Waals surface area contributed by atoms with Gasteiger partial charge in [-0.2, -0.15) is 0 Å². The molecule has 20 heavy (non-hydrogen) atoms. The minimum absolute atomic E-state index is 0.0554. The summed E-state index contributed by atoms with van der Waals surface area (Å²) in [5.74, 6) is 6.19. The molecule has 2 unspecified atom stereocenters. The van der Waals surface area contributed by atoms with E-state index in [0.717, 1.165) is 31.6 Å². The number of likely N-dealkylation sites (N-methyl/N-ethyl adjacent to an activating group) is 2. The van der Waals surface area contributed by atoms with Crippen molar-refractivity contribution in [1.29, 1.82) is 0 Å². The van der Waals surface area contributed by atoms with Crippen LogP contribution in [0.4, 0.5) is 5.82 Å². The smallest absolute Gasteiger partial charge is 0.128 e. The number of aromatic nitrogens is 1. The molecule has 2 heterocycles. The number of piperazine rings is 1. The average molecular weight is 299 g/mol. The largest absolute Gasteiger partial charge is 0.383 e. The molecule has 1 fully saturated rings. The van der Waals surface area contributed by atoms with Crippen LogP contribution in [0.1, 0.15) is 18.0 Å². The number of pyridine rings is 1. The standard InChI is InChI=1S/C13H23ClN6/c1-19-3-4-20(2)10(8-19)6-12(18-16)11-5-9(14)7-17-13(11)15/h5,7,10,12,18H,3-4,6,8,16H2,1-2H3,(H2,15,17).